The number of anilines is 2. The molecule has 22 heavy (non-hydrogen) atoms. The zero-order valence-corrected chi connectivity index (χ0v) is 12.4. The Labute approximate surface area is 128 Å². The van der Waals surface area contributed by atoms with Crippen molar-refractivity contribution in [2.75, 3.05) is 24.7 Å². The lowest BCUT2D eigenvalue weighted by molar-refractivity contribution is 0.0686. The molecule has 0 aromatic heterocycles. The Balaban J connectivity index is 0.000000224. The predicted molar refractivity (Wildman–Crippen MR) is 85.5 cm³/mol. The van der Waals surface area contributed by atoms with E-state index in [-0.39, 0.29) is 5.56 Å². The lowest BCUT2D eigenvalue weighted by atomic mass is 10.2. The van der Waals surface area contributed by atoms with Crippen LogP contribution in [0.4, 0.5) is 11.4 Å². The first-order valence-corrected chi connectivity index (χ1v) is 6.41. The van der Waals surface area contributed by atoms with Gasteiger partial charge in [0.2, 0.25) is 0 Å². The van der Waals surface area contributed by atoms with Crippen molar-refractivity contribution in [1.82, 2.24) is 0 Å². The van der Waals surface area contributed by atoms with Crippen LogP contribution in [0, 0.1) is 0 Å². The molecule has 2 aromatic carbocycles. The lowest BCUT2D eigenvalue weighted by Gasteiger charge is -2.11. The van der Waals surface area contributed by atoms with Crippen LogP contribution in [0.3, 0.4) is 0 Å². The zero-order chi connectivity index (χ0) is 16.7. The van der Waals surface area contributed by atoms with Gasteiger partial charge in [-0.05, 0) is 36.4 Å². The van der Waals surface area contributed by atoms with Gasteiger partial charge in [-0.15, -0.1) is 0 Å². The van der Waals surface area contributed by atoms with E-state index in [1.54, 1.807) is 42.5 Å². The third kappa shape index (κ3) is 4.82. The summed E-state index contributed by atoms with van der Waals surface area (Å²) in [6, 6.07) is 13.1. The molecule has 0 amide bonds. The average molecular weight is 302 g/mol. The predicted octanol–water partition coefficient (Wildman–Crippen LogP) is 2.42. The Bertz CT molecular complexity index is 651. The Morgan fingerprint density at radius 3 is 1.82 bits per heavy atom. The highest BCUT2D eigenvalue weighted by atomic mass is 16.4. The fourth-order valence-electron chi connectivity index (χ4n) is 1.59. The number of nitrogens with two attached hydrogens (primary N) is 1. The van der Waals surface area contributed by atoms with Crippen LogP contribution in [0.25, 0.3) is 0 Å². The van der Waals surface area contributed by atoms with Crippen molar-refractivity contribution >= 4 is 23.3 Å². The monoisotopic (exact) mass is 302 g/mol. The molecule has 0 atom stereocenters. The summed E-state index contributed by atoms with van der Waals surface area (Å²) in [5.41, 5.74) is 7.12. The maximum atomic E-state index is 10.5. The zero-order valence-electron chi connectivity index (χ0n) is 12.4. The summed E-state index contributed by atoms with van der Waals surface area (Å²) in [5, 5.41) is 17.1. The van der Waals surface area contributed by atoms with Crippen LogP contribution in [-0.4, -0.2) is 36.2 Å². The molecule has 0 saturated carbocycles. The van der Waals surface area contributed by atoms with E-state index in [9.17, 15) is 9.59 Å². The molecule has 0 aliphatic rings. The number of aromatic carboxylic acids is 2. The number of rotatable bonds is 3. The van der Waals surface area contributed by atoms with E-state index < -0.39 is 11.9 Å². The molecule has 2 aromatic rings. The van der Waals surface area contributed by atoms with Crippen LogP contribution in [0.1, 0.15) is 20.7 Å². The van der Waals surface area contributed by atoms with Crippen LogP contribution < -0.4 is 10.6 Å². The lowest BCUT2D eigenvalue weighted by Crippen LogP contribution is -2.08. The minimum Gasteiger partial charge on any atom is -0.478 e. The van der Waals surface area contributed by atoms with Gasteiger partial charge in [-0.3, -0.25) is 0 Å². The molecule has 0 saturated heterocycles. The van der Waals surface area contributed by atoms with Gasteiger partial charge >= 0.3 is 11.9 Å². The molecule has 0 bridgehead atoms. The van der Waals surface area contributed by atoms with Gasteiger partial charge in [0, 0.05) is 25.5 Å². The van der Waals surface area contributed by atoms with Gasteiger partial charge in [-0.2, -0.15) is 0 Å². The van der Waals surface area contributed by atoms with Crippen LogP contribution in [-0.2, 0) is 0 Å². The number of hydrogen-bond donors (Lipinski definition) is 3. The van der Waals surface area contributed by atoms with Crippen molar-refractivity contribution in [3.63, 3.8) is 0 Å². The molecule has 0 heterocycles. The number of carboxylic acid groups (broad SMARTS) is 2. The second-order valence-corrected chi connectivity index (χ2v) is 4.64. The molecular weight excluding hydrogens is 284 g/mol. The molecule has 0 aliphatic heterocycles. The van der Waals surface area contributed by atoms with E-state index in [0.29, 0.717) is 11.3 Å². The number of carboxylic acids is 2. The molecule has 0 radical (unpaired) electrons. The maximum absolute atomic E-state index is 10.5. The highest BCUT2D eigenvalue weighted by Gasteiger charge is 2.04. The van der Waals surface area contributed by atoms with E-state index in [4.69, 9.17) is 15.9 Å². The molecule has 6 heteroatoms. The number of nitrogen functional groups attached to an aromatic ring is 1. The van der Waals surface area contributed by atoms with Crippen LogP contribution in [0.2, 0.25) is 0 Å². The fourth-order valence-corrected chi connectivity index (χ4v) is 1.59. The minimum absolute atomic E-state index is 0.155. The smallest absolute Gasteiger partial charge is 0.337 e. The van der Waals surface area contributed by atoms with E-state index in [1.807, 2.05) is 19.0 Å². The van der Waals surface area contributed by atoms with Crippen LogP contribution in [0.5, 0.6) is 0 Å². The van der Waals surface area contributed by atoms with Crippen molar-refractivity contribution in [1.29, 1.82) is 0 Å². The SMILES string of the molecule is CN(C)c1ccc(C(=O)O)cc1.Nc1ccccc1C(=O)O. The van der Waals surface area contributed by atoms with Gasteiger partial charge < -0.3 is 20.8 Å². The molecular formula is C16H18N2O4. The van der Waals surface area contributed by atoms with Gasteiger partial charge in [-0.1, -0.05) is 12.1 Å². The molecule has 116 valence electrons. The van der Waals surface area contributed by atoms with Gasteiger partial charge in [0.25, 0.3) is 0 Å². The summed E-state index contributed by atoms with van der Waals surface area (Å²) in [6.07, 6.45) is 0. The van der Waals surface area contributed by atoms with Crippen molar-refractivity contribution in [3.05, 3.63) is 59.7 Å². The summed E-state index contributed by atoms with van der Waals surface area (Å²) in [5.74, 6) is -1.88. The van der Waals surface area contributed by atoms with Gasteiger partial charge in [0.05, 0.1) is 11.1 Å². The molecule has 2 rings (SSSR count). The molecule has 6 nitrogen and oxygen atoms in total. The summed E-state index contributed by atoms with van der Waals surface area (Å²) >= 11 is 0. The van der Waals surface area contributed by atoms with Crippen molar-refractivity contribution in [2.45, 2.75) is 0 Å². The van der Waals surface area contributed by atoms with Crippen LogP contribution in [0.15, 0.2) is 48.5 Å². The Hall–Kier alpha value is -3.02. The van der Waals surface area contributed by atoms with Gasteiger partial charge in [0.1, 0.15) is 0 Å². The first-order valence-electron chi connectivity index (χ1n) is 6.41. The third-order valence-corrected chi connectivity index (χ3v) is 2.82. The minimum atomic E-state index is -0.988. The van der Waals surface area contributed by atoms with Crippen molar-refractivity contribution < 1.29 is 19.8 Å². The largest absolute Gasteiger partial charge is 0.478 e. The first kappa shape index (κ1) is 17.0. The van der Waals surface area contributed by atoms with Gasteiger partial charge in [0.15, 0.2) is 0 Å². The summed E-state index contributed by atoms with van der Waals surface area (Å²) < 4.78 is 0. The van der Waals surface area contributed by atoms with Crippen LogP contribution >= 0.6 is 0 Å². The van der Waals surface area contributed by atoms with E-state index in [0.717, 1.165) is 5.69 Å². The number of carbonyl (C=O) groups is 2. The Morgan fingerprint density at radius 2 is 1.45 bits per heavy atom. The summed E-state index contributed by atoms with van der Waals surface area (Å²) in [6.45, 7) is 0. The molecule has 0 spiro atoms. The molecule has 4 N–H and O–H groups in total. The fraction of sp³-hybridized carbons (Fsp3) is 0.125. The third-order valence-electron chi connectivity index (χ3n) is 2.82. The molecule has 0 fully saturated rings. The Morgan fingerprint density at radius 1 is 0.909 bits per heavy atom. The average Bonchev–Trinajstić information content (AvgIpc) is 2.48. The second-order valence-electron chi connectivity index (χ2n) is 4.64. The standard InChI is InChI=1S/C9H11NO2.C7H7NO2/c1-10(2)8-5-3-7(4-6-8)9(11)12;8-6-4-2-1-3-5(6)7(9)10/h3-6H,1-2H3,(H,11,12);1-4H,8H2,(H,9,10). The highest BCUT2D eigenvalue weighted by molar-refractivity contribution is 5.93. The maximum Gasteiger partial charge on any atom is 0.337 e. The number of para-hydroxylation sites is 1. The topological polar surface area (TPSA) is 104 Å². The van der Waals surface area contributed by atoms with Crippen molar-refractivity contribution in [3.8, 4) is 0 Å². The normalized spacial score (nSPS) is 9.36. The summed E-state index contributed by atoms with van der Waals surface area (Å²) in [7, 11) is 3.82. The first-order chi connectivity index (χ1) is 10.3. The van der Waals surface area contributed by atoms with Crippen molar-refractivity contribution in [2.24, 2.45) is 0 Å². The second kappa shape index (κ2) is 7.68. The highest BCUT2D eigenvalue weighted by Crippen LogP contribution is 2.11. The van der Waals surface area contributed by atoms with Gasteiger partial charge in [-0.25, -0.2) is 9.59 Å². The van der Waals surface area contributed by atoms with E-state index in [1.165, 1.54) is 6.07 Å². The Kier molecular flexibility index (Phi) is 5.95. The summed E-state index contributed by atoms with van der Waals surface area (Å²) in [4.78, 5) is 22.7. The molecule has 0 unspecified atom stereocenters. The number of nitrogens with zero attached hydrogens (tertiary/aromatic N) is 1. The number of hydrogen-bond acceptors (Lipinski definition) is 4. The van der Waals surface area contributed by atoms with E-state index >= 15 is 0 Å². The molecule has 0 aliphatic carbocycles. The van der Waals surface area contributed by atoms with E-state index in [2.05, 4.69) is 0 Å². The quantitative estimate of drug-likeness (QED) is 0.752. The number of benzene rings is 2.